The van der Waals surface area contributed by atoms with Crippen LogP contribution in [0.5, 0.6) is 0 Å². The van der Waals surface area contributed by atoms with E-state index in [4.69, 9.17) is 4.42 Å². The van der Waals surface area contributed by atoms with Crippen molar-refractivity contribution >= 4 is 34.6 Å². The van der Waals surface area contributed by atoms with Crippen molar-refractivity contribution in [2.24, 2.45) is 0 Å². The topological polar surface area (TPSA) is 103 Å². The Morgan fingerprint density at radius 3 is 2.66 bits per heavy atom. The molecule has 1 amide bonds. The molecule has 0 saturated carbocycles. The molecule has 32 heavy (non-hydrogen) atoms. The Morgan fingerprint density at radius 1 is 1.16 bits per heavy atom. The fourth-order valence-corrected chi connectivity index (χ4v) is 4.09. The lowest BCUT2D eigenvalue weighted by molar-refractivity contribution is -0.113. The molecule has 0 radical (unpaired) electrons. The number of rotatable bonds is 6. The molecule has 1 N–H and O–H groups in total. The third-order valence-corrected chi connectivity index (χ3v) is 5.79. The van der Waals surface area contributed by atoms with E-state index in [0.717, 1.165) is 16.8 Å². The number of carbonyl (C=O) groups excluding carboxylic acids is 1. The van der Waals surface area contributed by atoms with E-state index in [1.807, 2.05) is 58.0 Å². The average Bonchev–Trinajstić information content (AvgIpc) is 3.22. The molecule has 0 saturated heterocycles. The van der Waals surface area contributed by atoms with Crippen molar-refractivity contribution in [3.8, 4) is 5.69 Å². The third-order valence-electron chi connectivity index (χ3n) is 4.85. The molecule has 0 fully saturated rings. The van der Waals surface area contributed by atoms with E-state index in [9.17, 15) is 9.59 Å². The number of hydrogen-bond donors (Lipinski definition) is 1. The number of nitrogens with one attached hydrogen (secondary N) is 1. The first-order chi connectivity index (χ1) is 15.3. The number of amides is 1. The quantitative estimate of drug-likeness (QED) is 0.347. The van der Waals surface area contributed by atoms with Gasteiger partial charge in [-0.1, -0.05) is 60.5 Å². The molecule has 0 aliphatic rings. The summed E-state index contributed by atoms with van der Waals surface area (Å²) in [4.78, 5) is 30.5. The summed E-state index contributed by atoms with van der Waals surface area (Å²) in [7, 11) is 0. The fourth-order valence-electron chi connectivity index (χ4n) is 3.28. The van der Waals surface area contributed by atoms with Crippen LogP contribution in [-0.2, 0) is 4.79 Å². The number of benzene rings is 2. The normalized spacial score (nSPS) is 11.3. The van der Waals surface area contributed by atoms with E-state index in [0.29, 0.717) is 22.0 Å². The lowest BCUT2D eigenvalue weighted by atomic mass is 10.1. The number of fused-ring (bicyclic) bond motifs is 1. The summed E-state index contributed by atoms with van der Waals surface area (Å²) in [6.07, 6.45) is 0. The van der Waals surface area contributed by atoms with Crippen molar-refractivity contribution < 1.29 is 9.21 Å². The Morgan fingerprint density at radius 2 is 1.94 bits per heavy atom. The number of thioether (sulfide) groups is 1. The molecule has 2 heterocycles. The molecule has 0 aliphatic heterocycles. The van der Waals surface area contributed by atoms with Gasteiger partial charge in [0.25, 0.3) is 5.56 Å². The highest BCUT2D eigenvalue weighted by atomic mass is 32.2. The molecule has 0 aliphatic carbocycles. The van der Waals surface area contributed by atoms with Crippen LogP contribution in [0.2, 0.25) is 0 Å². The van der Waals surface area contributed by atoms with Gasteiger partial charge in [0.15, 0.2) is 5.16 Å². The van der Waals surface area contributed by atoms with Gasteiger partial charge in [-0.15, -0.1) is 5.10 Å². The highest BCUT2D eigenvalue weighted by Crippen LogP contribution is 2.24. The Bertz CT molecular complexity index is 1360. The summed E-state index contributed by atoms with van der Waals surface area (Å²) in [5.41, 5.74) is 3.19. The van der Waals surface area contributed by atoms with Crippen molar-refractivity contribution in [2.45, 2.75) is 38.8 Å². The standard InChI is InChI=1S/C23H23N5O3S/c1-13(2)20-26-27-22(31-20)25-19(29)12-32-23-24-17-8-6-5-7-16(17)21(30)28(23)18-10-9-14(3)11-15(18)4/h5-11,13H,12H2,1-4H3,(H,25,27,29). The molecule has 164 valence electrons. The van der Waals surface area contributed by atoms with E-state index >= 15 is 0 Å². The van der Waals surface area contributed by atoms with Gasteiger partial charge in [0, 0.05) is 5.92 Å². The average molecular weight is 450 g/mol. The van der Waals surface area contributed by atoms with Crippen molar-refractivity contribution in [1.82, 2.24) is 19.7 Å². The first kappa shape index (κ1) is 21.8. The predicted octanol–water partition coefficient (Wildman–Crippen LogP) is 4.24. The Hall–Kier alpha value is -3.46. The molecule has 4 aromatic rings. The lowest BCUT2D eigenvalue weighted by Gasteiger charge is -2.15. The van der Waals surface area contributed by atoms with Crippen LogP contribution in [0, 0.1) is 13.8 Å². The van der Waals surface area contributed by atoms with Crippen molar-refractivity contribution in [3.63, 3.8) is 0 Å². The Labute approximate surface area is 189 Å². The third kappa shape index (κ3) is 4.43. The van der Waals surface area contributed by atoms with Gasteiger partial charge in [0.1, 0.15) is 0 Å². The molecule has 9 heteroatoms. The molecular formula is C23H23N5O3S. The minimum Gasteiger partial charge on any atom is -0.408 e. The highest BCUT2D eigenvalue weighted by molar-refractivity contribution is 7.99. The second kappa shape index (κ2) is 8.96. The second-order valence-electron chi connectivity index (χ2n) is 7.78. The molecule has 0 unspecified atom stereocenters. The summed E-state index contributed by atoms with van der Waals surface area (Å²) < 4.78 is 7.00. The number of para-hydroxylation sites is 1. The zero-order valence-corrected chi connectivity index (χ0v) is 19.1. The zero-order chi connectivity index (χ0) is 22.8. The lowest BCUT2D eigenvalue weighted by Crippen LogP contribution is -2.23. The minimum absolute atomic E-state index is 0.0229. The van der Waals surface area contributed by atoms with E-state index in [-0.39, 0.29) is 29.2 Å². The molecule has 0 bridgehead atoms. The monoisotopic (exact) mass is 449 g/mol. The number of aromatic nitrogens is 4. The first-order valence-corrected chi connectivity index (χ1v) is 11.2. The van der Waals surface area contributed by atoms with Gasteiger partial charge in [-0.25, -0.2) is 4.98 Å². The van der Waals surface area contributed by atoms with Crippen LogP contribution in [0.4, 0.5) is 6.01 Å². The van der Waals surface area contributed by atoms with Crippen LogP contribution in [0.1, 0.15) is 36.8 Å². The molecule has 0 spiro atoms. The molecule has 0 atom stereocenters. The van der Waals surface area contributed by atoms with Crippen LogP contribution < -0.4 is 10.9 Å². The number of aryl methyl sites for hydroxylation is 2. The van der Waals surface area contributed by atoms with Crippen molar-refractivity contribution in [1.29, 1.82) is 0 Å². The van der Waals surface area contributed by atoms with Gasteiger partial charge in [-0.3, -0.25) is 19.5 Å². The van der Waals surface area contributed by atoms with E-state index in [2.05, 4.69) is 20.5 Å². The van der Waals surface area contributed by atoms with Crippen LogP contribution in [0.15, 0.2) is 56.8 Å². The summed E-state index contributed by atoms with van der Waals surface area (Å²) in [5, 5.41) is 11.3. The number of nitrogens with zero attached hydrogens (tertiary/aromatic N) is 4. The van der Waals surface area contributed by atoms with E-state index < -0.39 is 0 Å². The van der Waals surface area contributed by atoms with Gasteiger partial charge >= 0.3 is 6.01 Å². The zero-order valence-electron chi connectivity index (χ0n) is 18.2. The summed E-state index contributed by atoms with van der Waals surface area (Å²) in [6, 6.07) is 13.1. The minimum atomic E-state index is -0.330. The maximum absolute atomic E-state index is 13.4. The number of hydrogen-bond acceptors (Lipinski definition) is 7. The molecule has 4 rings (SSSR count). The van der Waals surface area contributed by atoms with Crippen LogP contribution in [0.3, 0.4) is 0 Å². The highest BCUT2D eigenvalue weighted by Gasteiger charge is 2.17. The SMILES string of the molecule is Cc1ccc(-n2c(SCC(=O)Nc3nnc(C(C)C)o3)nc3ccccc3c2=O)c(C)c1. The second-order valence-corrected chi connectivity index (χ2v) is 8.72. The van der Waals surface area contributed by atoms with Crippen LogP contribution in [0.25, 0.3) is 16.6 Å². The largest absolute Gasteiger partial charge is 0.408 e. The van der Waals surface area contributed by atoms with Crippen molar-refractivity contribution in [2.75, 3.05) is 11.1 Å². The van der Waals surface area contributed by atoms with Gasteiger partial charge in [0.05, 0.1) is 22.3 Å². The van der Waals surface area contributed by atoms with E-state index in [1.165, 1.54) is 11.8 Å². The predicted molar refractivity (Wildman–Crippen MR) is 125 cm³/mol. The van der Waals surface area contributed by atoms with Crippen LogP contribution in [-0.4, -0.2) is 31.4 Å². The number of carbonyl (C=O) groups is 1. The maximum atomic E-state index is 13.4. The first-order valence-electron chi connectivity index (χ1n) is 10.2. The molecule has 8 nitrogen and oxygen atoms in total. The van der Waals surface area contributed by atoms with Gasteiger partial charge < -0.3 is 4.42 Å². The Balaban J connectivity index is 1.66. The molecule has 2 aromatic carbocycles. The Kier molecular flexibility index (Phi) is 6.09. The summed E-state index contributed by atoms with van der Waals surface area (Å²) in [5.74, 6) is 0.211. The summed E-state index contributed by atoms with van der Waals surface area (Å²) >= 11 is 1.17. The fraction of sp³-hybridized carbons (Fsp3) is 0.261. The van der Waals surface area contributed by atoms with Gasteiger partial charge in [-0.05, 0) is 37.6 Å². The smallest absolute Gasteiger partial charge is 0.322 e. The van der Waals surface area contributed by atoms with Crippen LogP contribution >= 0.6 is 11.8 Å². The maximum Gasteiger partial charge on any atom is 0.322 e. The van der Waals surface area contributed by atoms with Crippen molar-refractivity contribution in [3.05, 3.63) is 69.8 Å². The number of anilines is 1. The van der Waals surface area contributed by atoms with E-state index in [1.54, 1.807) is 16.7 Å². The molecule has 2 aromatic heterocycles. The van der Waals surface area contributed by atoms with Gasteiger partial charge in [-0.2, -0.15) is 0 Å². The molecular weight excluding hydrogens is 426 g/mol. The van der Waals surface area contributed by atoms with Gasteiger partial charge in [0.2, 0.25) is 11.8 Å². The summed E-state index contributed by atoms with van der Waals surface area (Å²) in [6.45, 7) is 7.80.